The molecule has 0 radical (unpaired) electrons. The van der Waals surface area contributed by atoms with Crippen molar-refractivity contribution in [3.8, 4) is 0 Å². The van der Waals surface area contributed by atoms with E-state index < -0.39 is 41.9 Å². The molecule has 2 aromatic rings. The maximum atomic E-state index is 13.5. The number of rotatable bonds is 41. The zero-order valence-corrected chi connectivity index (χ0v) is 41.0. The van der Waals surface area contributed by atoms with E-state index in [0.29, 0.717) is 128 Å². The largest absolute Gasteiger partial charge is 0.445 e. The number of amides is 6. The smallest absolute Gasteiger partial charge is 0.407 e. The van der Waals surface area contributed by atoms with E-state index in [2.05, 4.69) is 49.0 Å². The quantitative estimate of drug-likeness (QED) is 0.0316. The number of primary amides is 1. The average Bonchev–Trinajstić information content (AvgIpc) is 3.77. The molecule has 1 aromatic carbocycles. The van der Waals surface area contributed by atoms with Crippen molar-refractivity contribution in [1.82, 2.24) is 36.3 Å². The fourth-order valence-corrected chi connectivity index (χ4v) is 5.75. The second-order valence-corrected chi connectivity index (χ2v) is 15.9. The lowest BCUT2D eigenvalue weighted by molar-refractivity contribution is -0.133. The highest BCUT2D eigenvalue weighted by Gasteiger charge is 2.27. The Kier molecular flexibility index (Phi) is 33.1. The third kappa shape index (κ3) is 32.0. The van der Waals surface area contributed by atoms with Gasteiger partial charge in [0, 0.05) is 18.8 Å². The van der Waals surface area contributed by atoms with Crippen molar-refractivity contribution in [3.63, 3.8) is 0 Å². The molecule has 7 N–H and O–H groups in total. The van der Waals surface area contributed by atoms with Crippen LogP contribution in [0, 0.1) is 5.92 Å². The van der Waals surface area contributed by atoms with E-state index in [1.165, 1.54) is 0 Å². The molecule has 2 rings (SSSR count). The molecule has 69 heavy (non-hydrogen) atoms. The zero-order valence-electron chi connectivity index (χ0n) is 41.0. The van der Waals surface area contributed by atoms with E-state index in [1.807, 2.05) is 13.8 Å². The van der Waals surface area contributed by atoms with E-state index in [1.54, 1.807) is 49.0 Å². The van der Waals surface area contributed by atoms with Crippen LogP contribution in [0.3, 0.4) is 0 Å². The maximum absolute atomic E-state index is 13.5. The fraction of sp³-hybridized carbons (Fsp3) is 0.689. The number of alkyl carbamates (subject to hydrolysis) is 1. The number of anilines is 1. The Hall–Kier alpha value is -5.50. The summed E-state index contributed by atoms with van der Waals surface area (Å²) in [5.74, 6) is -1.61. The molecule has 0 aliphatic rings. The summed E-state index contributed by atoms with van der Waals surface area (Å²) in [7, 11) is 0. The van der Waals surface area contributed by atoms with E-state index >= 15 is 0 Å². The number of nitrogens with two attached hydrogens (primary N) is 1. The summed E-state index contributed by atoms with van der Waals surface area (Å²) in [6.45, 7) is 16.6. The third-order valence-corrected chi connectivity index (χ3v) is 9.04. The molecule has 24 nitrogen and oxygen atoms in total. The van der Waals surface area contributed by atoms with E-state index in [4.69, 9.17) is 48.5 Å². The molecule has 0 spiro atoms. The van der Waals surface area contributed by atoms with Crippen molar-refractivity contribution in [2.45, 2.75) is 92.1 Å². The highest BCUT2D eigenvalue weighted by molar-refractivity contribution is 5.98. The summed E-state index contributed by atoms with van der Waals surface area (Å²) in [5, 5.41) is 25.1. The van der Waals surface area contributed by atoms with Crippen LogP contribution in [0.4, 0.5) is 15.3 Å². The van der Waals surface area contributed by atoms with E-state index in [0.717, 1.165) is 13.0 Å². The highest BCUT2D eigenvalue weighted by Crippen LogP contribution is 2.13. The van der Waals surface area contributed by atoms with Crippen LogP contribution in [-0.4, -0.2) is 168 Å². The molecule has 24 heteroatoms. The van der Waals surface area contributed by atoms with Gasteiger partial charge < -0.3 is 75.1 Å². The second kappa shape index (κ2) is 38.4. The van der Waals surface area contributed by atoms with Crippen LogP contribution in [-0.2, 0) is 76.8 Å². The second-order valence-electron chi connectivity index (χ2n) is 15.9. The van der Waals surface area contributed by atoms with Gasteiger partial charge in [-0.25, -0.2) is 14.3 Å². The van der Waals surface area contributed by atoms with Crippen molar-refractivity contribution in [1.29, 1.82) is 0 Å². The molecule has 0 saturated carbocycles. The summed E-state index contributed by atoms with van der Waals surface area (Å²) < 4.78 is 45.3. The lowest BCUT2D eigenvalue weighted by Gasteiger charge is -2.24. The molecule has 0 aliphatic heterocycles. The van der Waals surface area contributed by atoms with Crippen LogP contribution in [0.25, 0.3) is 0 Å². The Labute approximate surface area is 405 Å². The number of carbonyl (C=O) groups excluding carboxylic acids is 5. The molecule has 0 saturated heterocycles. The Morgan fingerprint density at radius 1 is 0.725 bits per heavy atom. The average molecular weight is 981 g/mol. The van der Waals surface area contributed by atoms with Gasteiger partial charge in [0.05, 0.1) is 111 Å². The van der Waals surface area contributed by atoms with Gasteiger partial charge in [0.15, 0.2) is 6.61 Å². The van der Waals surface area contributed by atoms with Gasteiger partial charge in [-0.05, 0) is 63.1 Å². The SMILES string of the molecule is CCCOCCOCCOCCOCCOCCOCCOCCn1cc(CNC(=O)OCc2ccc(NC(=O)[C@H](CCCNC(N)=O)NC(=O)[C@H](CC(C)C)NC(=O)CON=C(C)C)cc2)nn1. The molecule has 0 aliphatic carbocycles. The first kappa shape index (κ1) is 59.6. The number of nitrogens with zero attached hydrogens (tertiary/aromatic N) is 4. The lowest BCUT2D eigenvalue weighted by atomic mass is 10.0. The minimum absolute atomic E-state index is 0.0294. The number of nitrogens with one attached hydrogen (secondary N) is 5. The van der Waals surface area contributed by atoms with Crippen LogP contribution >= 0.6 is 0 Å². The van der Waals surface area contributed by atoms with Gasteiger partial charge in [0.1, 0.15) is 24.4 Å². The molecule has 0 unspecified atom stereocenters. The van der Waals surface area contributed by atoms with Crippen LogP contribution in [0.1, 0.15) is 71.6 Å². The van der Waals surface area contributed by atoms with E-state index in [9.17, 15) is 24.0 Å². The lowest BCUT2D eigenvalue weighted by Crippen LogP contribution is -2.53. The first-order valence-corrected chi connectivity index (χ1v) is 23.4. The number of oxime groups is 1. The standard InChI is InChI=1S/C45H76N10O14/c1-6-15-61-17-19-63-21-23-65-25-27-67-28-26-66-24-22-64-20-18-62-16-14-55-31-38(52-54-55)30-48-45(60)68-32-36-9-11-37(12-10-36)49-42(57)39(8-7-13-47-44(46)59)51-43(58)40(29-34(2)3)50-41(56)33-69-53-35(4)5/h9-12,31,34,39-40H,6-8,13-30,32-33H2,1-5H3,(H,48,60)(H,49,57)(H,50,56)(H,51,58)(H3,46,47,59)/t39-,40-/m0/s1. The molecule has 0 fully saturated rings. The van der Waals surface area contributed by atoms with Gasteiger partial charge in [0.25, 0.3) is 5.91 Å². The van der Waals surface area contributed by atoms with Gasteiger partial charge >= 0.3 is 12.1 Å². The Morgan fingerprint density at radius 2 is 1.29 bits per heavy atom. The summed E-state index contributed by atoms with van der Waals surface area (Å²) in [6.07, 6.45) is 2.79. The summed E-state index contributed by atoms with van der Waals surface area (Å²) in [6, 6.07) is 3.90. The Bertz CT molecular complexity index is 1750. The zero-order chi connectivity index (χ0) is 50.3. The van der Waals surface area contributed by atoms with Crippen LogP contribution in [0.15, 0.2) is 35.6 Å². The molecule has 1 aromatic heterocycles. The Morgan fingerprint density at radius 3 is 1.83 bits per heavy atom. The number of hydrogen-bond donors (Lipinski definition) is 6. The monoisotopic (exact) mass is 981 g/mol. The van der Waals surface area contributed by atoms with Gasteiger partial charge in [-0.3, -0.25) is 14.4 Å². The molecule has 2 atom stereocenters. The number of ether oxygens (including phenoxy) is 8. The van der Waals surface area contributed by atoms with Gasteiger partial charge in [-0.2, -0.15) is 0 Å². The molecule has 0 bridgehead atoms. The highest BCUT2D eigenvalue weighted by atomic mass is 16.6. The molecule has 6 amide bonds. The predicted octanol–water partition coefficient (Wildman–Crippen LogP) is 2.05. The molecule has 1 heterocycles. The Balaban J connectivity index is 1.63. The molecule has 390 valence electrons. The minimum atomic E-state index is -1.03. The van der Waals surface area contributed by atoms with Crippen molar-refractivity contribution in [3.05, 3.63) is 41.7 Å². The van der Waals surface area contributed by atoms with E-state index in [-0.39, 0.29) is 38.6 Å². The predicted molar refractivity (Wildman–Crippen MR) is 253 cm³/mol. The maximum Gasteiger partial charge on any atom is 0.407 e. The summed E-state index contributed by atoms with van der Waals surface area (Å²) in [4.78, 5) is 68.0. The topological polar surface area (TPSA) is 298 Å². The molecular weight excluding hydrogens is 905 g/mol. The summed E-state index contributed by atoms with van der Waals surface area (Å²) in [5.41, 5.74) is 7.39. The first-order chi connectivity index (χ1) is 33.4. The number of hydrogen-bond acceptors (Lipinski definition) is 17. The minimum Gasteiger partial charge on any atom is -0.445 e. The van der Waals surface area contributed by atoms with Gasteiger partial charge in [-0.1, -0.05) is 43.3 Å². The molecular formula is C45H76N10O14. The van der Waals surface area contributed by atoms with Crippen LogP contribution in [0.2, 0.25) is 0 Å². The van der Waals surface area contributed by atoms with Crippen molar-refractivity contribution in [2.24, 2.45) is 16.8 Å². The summed E-state index contributed by atoms with van der Waals surface area (Å²) >= 11 is 0. The van der Waals surface area contributed by atoms with Gasteiger partial charge in [-0.15, -0.1) is 5.10 Å². The van der Waals surface area contributed by atoms with Crippen molar-refractivity contribution in [2.75, 3.05) is 111 Å². The van der Waals surface area contributed by atoms with Crippen LogP contribution in [0.5, 0.6) is 0 Å². The number of carbonyl (C=O) groups is 5. The number of aromatic nitrogens is 3. The first-order valence-electron chi connectivity index (χ1n) is 23.4. The van der Waals surface area contributed by atoms with Crippen molar-refractivity contribution < 1.29 is 66.7 Å². The normalized spacial score (nSPS) is 11.9. The fourth-order valence-electron chi connectivity index (χ4n) is 5.75. The number of benzene rings is 1. The van der Waals surface area contributed by atoms with Crippen LogP contribution < -0.4 is 32.3 Å². The van der Waals surface area contributed by atoms with Crippen molar-refractivity contribution >= 4 is 41.2 Å². The third-order valence-electron chi connectivity index (χ3n) is 9.04. The number of urea groups is 1. The van der Waals surface area contributed by atoms with Gasteiger partial charge in [0.2, 0.25) is 11.8 Å².